The zero-order chi connectivity index (χ0) is 9.12. The standard InChI is InChI=1S/C10H14O4/c1-3-11-8-5(1)7-6-2-4-12-9(6)14-10(7)13-8/h5-10H,1-4H2/t5-,6+,7?,8+,9-,10?. The second-order valence-corrected chi connectivity index (χ2v) is 4.60. The van der Waals surface area contributed by atoms with E-state index in [1.807, 2.05) is 0 Å². The lowest BCUT2D eigenvalue weighted by Gasteiger charge is -2.17. The lowest BCUT2D eigenvalue weighted by Crippen LogP contribution is -2.23. The summed E-state index contributed by atoms with van der Waals surface area (Å²) >= 11 is 0. The van der Waals surface area contributed by atoms with Crippen LogP contribution < -0.4 is 0 Å². The molecular formula is C10H14O4. The maximum Gasteiger partial charge on any atom is 0.167 e. The van der Waals surface area contributed by atoms with Crippen LogP contribution in [0.3, 0.4) is 0 Å². The van der Waals surface area contributed by atoms with Gasteiger partial charge in [-0.1, -0.05) is 0 Å². The molecule has 0 radical (unpaired) electrons. The second kappa shape index (κ2) is 2.70. The third kappa shape index (κ3) is 0.877. The van der Waals surface area contributed by atoms with Crippen molar-refractivity contribution < 1.29 is 18.9 Å². The van der Waals surface area contributed by atoms with E-state index in [2.05, 4.69) is 0 Å². The molecule has 0 amide bonds. The van der Waals surface area contributed by atoms with Crippen LogP contribution in [0.5, 0.6) is 0 Å². The zero-order valence-electron chi connectivity index (χ0n) is 7.93. The summed E-state index contributed by atoms with van der Waals surface area (Å²) in [6, 6.07) is 0. The highest BCUT2D eigenvalue weighted by atomic mass is 16.8. The van der Waals surface area contributed by atoms with Crippen LogP contribution in [-0.2, 0) is 18.9 Å². The van der Waals surface area contributed by atoms with E-state index in [9.17, 15) is 0 Å². The lowest BCUT2D eigenvalue weighted by atomic mass is 9.82. The van der Waals surface area contributed by atoms with E-state index in [-0.39, 0.29) is 18.9 Å². The molecule has 4 heteroatoms. The van der Waals surface area contributed by atoms with Gasteiger partial charge in [-0.3, -0.25) is 0 Å². The first-order valence-corrected chi connectivity index (χ1v) is 5.47. The summed E-state index contributed by atoms with van der Waals surface area (Å²) in [5, 5.41) is 0. The molecule has 4 fully saturated rings. The minimum atomic E-state index is -0.0550. The number of rotatable bonds is 0. The second-order valence-electron chi connectivity index (χ2n) is 4.60. The Morgan fingerprint density at radius 1 is 0.714 bits per heavy atom. The van der Waals surface area contributed by atoms with E-state index in [4.69, 9.17) is 18.9 Å². The zero-order valence-corrected chi connectivity index (χ0v) is 7.93. The van der Waals surface area contributed by atoms with Crippen LogP contribution >= 0.6 is 0 Å². The molecule has 6 atom stereocenters. The van der Waals surface area contributed by atoms with Crippen LogP contribution in [0.2, 0.25) is 0 Å². The predicted molar refractivity (Wildman–Crippen MR) is 45.1 cm³/mol. The molecule has 4 nitrogen and oxygen atoms in total. The SMILES string of the molecule is C1C[C@@H]2C3C(O[C@@H]2O1)O[C@H]1OCC[C@@H]31. The topological polar surface area (TPSA) is 36.9 Å². The average Bonchev–Trinajstić information content (AvgIpc) is 2.77. The van der Waals surface area contributed by atoms with Crippen molar-refractivity contribution in [3.05, 3.63) is 0 Å². The smallest absolute Gasteiger partial charge is 0.167 e. The van der Waals surface area contributed by atoms with Crippen molar-refractivity contribution in [1.82, 2.24) is 0 Å². The molecule has 0 bridgehead atoms. The van der Waals surface area contributed by atoms with Crippen LogP contribution in [0.25, 0.3) is 0 Å². The van der Waals surface area contributed by atoms with Crippen LogP contribution in [0.1, 0.15) is 12.8 Å². The van der Waals surface area contributed by atoms with Gasteiger partial charge in [0.05, 0.1) is 13.2 Å². The minimum Gasteiger partial charge on any atom is -0.352 e. The van der Waals surface area contributed by atoms with E-state index in [0.717, 1.165) is 26.1 Å². The Bertz CT molecular complexity index is 233. The molecule has 4 heterocycles. The highest BCUT2D eigenvalue weighted by Crippen LogP contribution is 2.52. The predicted octanol–water partition coefficient (Wildman–Crippen LogP) is 0.714. The Hall–Kier alpha value is -0.160. The molecule has 2 unspecified atom stereocenters. The van der Waals surface area contributed by atoms with Gasteiger partial charge in [0.1, 0.15) is 0 Å². The van der Waals surface area contributed by atoms with E-state index in [0.29, 0.717) is 17.8 Å². The van der Waals surface area contributed by atoms with Gasteiger partial charge in [0.15, 0.2) is 18.9 Å². The molecule has 0 aromatic heterocycles. The molecule has 4 aliphatic heterocycles. The van der Waals surface area contributed by atoms with Crippen molar-refractivity contribution in [3.63, 3.8) is 0 Å². The summed E-state index contributed by atoms with van der Waals surface area (Å²) in [4.78, 5) is 0. The van der Waals surface area contributed by atoms with E-state index >= 15 is 0 Å². The largest absolute Gasteiger partial charge is 0.352 e. The molecule has 14 heavy (non-hydrogen) atoms. The first-order chi connectivity index (χ1) is 6.93. The van der Waals surface area contributed by atoms with Gasteiger partial charge in [0.2, 0.25) is 0 Å². The molecule has 4 rings (SSSR count). The molecule has 0 N–H and O–H groups in total. The van der Waals surface area contributed by atoms with E-state index < -0.39 is 0 Å². The molecule has 0 spiro atoms. The Morgan fingerprint density at radius 3 is 1.86 bits per heavy atom. The summed E-state index contributed by atoms with van der Waals surface area (Å²) in [6.07, 6.45) is 2.20. The number of hydrogen-bond acceptors (Lipinski definition) is 4. The van der Waals surface area contributed by atoms with Crippen molar-refractivity contribution in [2.45, 2.75) is 31.7 Å². The van der Waals surface area contributed by atoms with Crippen LogP contribution in [0, 0.1) is 17.8 Å². The van der Waals surface area contributed by atoms with E-state index in [1.54, 1.807) is 0 Å². The van der Waals surface area contributed by atoms with Crippen molar-refractivity contribution in [2.24, 2.45) is 17.8 Å². The highest BCUT2D eigenvalue weighted by molar-refractivity contribution is 4.96. The minimum absolute atomic E-state index is 0.00606. The maximum absolute atomic E-state index is 5.72. The Kier molecular flexibility index (Phi) is 1.55. The average molecular weight is 198 g/mol. The molecular weight excluding hydrogens is 184 g/mol. The van der Waals surface area contributed by atoms with Crippen molar-refractivity contribution in [1.29, 1.82) is 0 Å². The molecule has 0 aliphatic carbocycles. The fourth-order valence-electron chi connectivity index (χ4n) is 3.39. The first-order valence-electron chi connectivity index (χ1n) is 5.47. The molecule has 4 aliphatic rings. The van der Waals surface area contributed by atoms with Gasteiger partial charge < -0.3 is 18.9 Å². The normalized spacial score (nSPS) is 60.0. The van der Waals surface area contributed by atoms with Crippen LogP contribution in [0.15, 0.2) is 0 Å². The van der Waals surface area contributed by atoms with Gasteiger partial charge in [-0.15, -0.1) is 0 Å². The van der Waals surface area contributed by atoms with Crippen molar-refractivity contribution in [2.75, 3.05) is 13.2 Å². The number of ether oxygens (including phenoxy) is 4. The van der Waals surface area contributed by atoms with Gasteiger partial charge in [-0.05, 0) is 12.8 Å². The van der Waals surface area contributed by atoms with E-state index in [1.165, 1.54) is 0 Å². The van der Waals surface area contributed by atoms with Gasteiger partial charge in [-0.25, -0.2) is 0 Å². The third-order valence-corrected chi connectivity index (χ3v) is 4.01. The Labute approximate surface area is 82.5 Å². The summed E-state index contributed by atoms with van der Waals surface area (Å²) in [6.45, 7) is 1.69. The maximum atomic E-state index is 5.72. The number of hydrogen-bond donors (Lipinski definition) is 0. The van der Waals surface area contributed by atoms with Gasteiger partial charge >= 0.3 is 0 Å². The molecule has 78 valence electrons. The lowest BCUT2D eigenvalue weighted by molar-refractivity contribution is -0.235. The van der Waals surface area contributed by atoms with Crippen molar-refractivity contribution >= 4 is 0 Å². The first kappa shape index (κ1) is 8.05. The van der Waals surface area contributed by atoms with Crippen molar-refractivity contribution in [3.8, 4) is 0 Å². The summed E-state index contributed by atoms with van der Waals surface area (Å²) < 4.78 is 22.5. The Morgan fingerprint density at radius 2 is 1.29 bits per heavy atom. The summed E-state index contributed by atoms with van der Waals surface area (Å²) in [5.74, 6) is 1.63. The molecule has 0 aromatic carbocycles. The van der Waals surface area contributed by atoms with Gasteiger partial charge in [0.25, 0.3) is 0 Å². The monoisotopic (exact) mass is 198 g/mol. The fourth-order valence-corrected chi connectivity index (χ4v) is 3.39. The summed E-state index contributed by atoms with van der Waals surface area (Å²) in [7, 11) is 0. The van der Waals surface area contributed by atoms with Crippen LogP contribution in [-0.4, -0.2) is 32.1 Å². The van der Waals surface area contributed by atoms with Crippen LogP contribution in [0.4, 0.5) is 0 Å². The Balaban J connectivity index is 1.65. The number of fused-ring (bicyclic) bond motifs is 5. The third-order valence-electron chi connectivity index (χ3n) is 4.01. The quantitative estimate of drug-likeness (QED) is 0.574. The molecule has 4 saturated heterocycles. The highest BCUT2D eigenvalue weighted by Gasteiger charge is 2.59. The van der Waals surface area contributed by atoms with Gasteiger partial charge in [-0.2, -0.15) is 0 Å². The van der Waals surface area contributed by atoms with Gasteiger partial charge in [0, 0.05) is 17.8 Å². The molecule has 0 aromatic rings. The fraction of sp³-hybridized carbons (Fsp3) is 1.00. The summed E-state index contributed by atoms with van der Waals surface area (Å²) in [5.41, 5.74) is 0. The molecule has 0 saturated carbocycles.